The van der Waals surface area contributed by atoms with E-state index in [0.29, 0.717) is 30.1 Å². The summed E-state index contributed by atoms with van der Waals surface area (Å²) < 4.78 is -0.805. The number of hydrogen-bond acceptors (Lipinski definition) is 5. The Kier molecular flexibility index (Phi) is 8.34. The van der Waals surface area contributed by atoms with Crippen LogP contribution in [0.25, 0.3) is 0 Å². The van der Waals surface area contributed by atoms with Gasteiger partial charge in [-0.15, -0.1) is 11.8 Å². The summed E-state index contributed by atoms with van der Waals surface area (Å²) in [6.45, 7) is 4.14. The quantitative estimate of drug-likeness (QED) is 0.354. The van der Waals surface area contributed by atoms with Crippen molar-refractivity contribution in [3.63, 3.8) is 0 Å². The molecule has 0 aromatic heterocycles. The number of anilines is 1. The Labute approximate surface area is 246 Å². The van der Waals surface area contributed by atoms with E-state index in [1.807, 2.05) is 44.2 Å². The number of benzene rings is 2. The number of carbonyl (C=O) groups is 3. The van der Waals surface area contributed by atoms with Gasteiger partial charge in [0.05, 0.1) is 39.9 Å². The summed E-state index contributed by atoms with van der Waals surface area (Å²) in [7, 11) is 0. The lowest BCUT2D eigenvalue weighted by Crippen LogP contribution is -2.55. The summed E-state index contributed by atoms with van der Waals surface area (Å²) in [6, 6.07) is 15.2. The molecule has 39 heavy (non-hydrogen) atoms. The Morgan fingerprint density at radius 2 is 1.85 bits per heavy atom. The van der Waals surface area contributed by atoms with Crippen LogP contribution in [0.3, 0.4) is 0 Å². The van der Waals surface area contributed by atoms with Crippen LogP contribution in [0, 0.1) is 17.8 Å². The monoisotopic (exact) mass is 633 g/mol. The van der Waals surface area contributed by atoms with Crippen molar-refractivity contribution in [1.82, 2.24) is 10.2 Å². The lowest BCUT2D eigenvalue weighted by Gasteiger charge is -2.37. The van der Waals surface area contributed by atoms with Crippen molar-refractivity contribution in [3.8, 4) is 0 Å². The molecule has 3 amide bonds. The van der Waals surface area contributed by atoms with Crippen LogP contribution in [0.1, 0.15) is 32.3 Å². The molecular weight excluding hydrogens is 602 g/mol. The Bertz CT molecular complexity index is 1250. The normalized spacial score (nSPS) is 29.9. The van der Waals surface area contributed by atoms with E-state index in [-0.39, 0.29) is 40.3 Å². The van der Waals surface area contributed by atoms with E-state index in [0.717, 1.165) is 5.56 Å². The van der Waals surface area contributed by atoms with Gasteiger partial charge in [-0.2, -0.15) is 0 Å². The van der Waals surface area contributed by atoms with E-state index in [9.17, 15) is 19.5 Å². The van der Waals surface area contributed by atoms with E-state index in [1.54, 1.807) is 40.9 Å². The van der Waals surface area contributed by atoms with Crippen LogP contribution in [0.15, 0.2) is 54.6 Å². The molecule has 3 fully saturated rings. The van der Waals surface area contributed by atoms with Crippen molar-refractivity contribution in [2.75, 3.05) is 11.9 Å². The number of aliphatic hydroxyl groups is 1. The Balaban J connectivity index is 1.50. The smallest absolute Gasteiger partial charge is 0.248 e. The van der Waals surface area contributed by atoms with Crippen molar-refractivity contribution < 1.29 is 19.5 Å². The summed E-state index contributed by atoms with van der Waals surface area (Å²) in [5, 5.41) is 16.7. The molecule has 3 unspecified atom stereocenters. The molecule has 3 saturated heterocycles. The molecule has 10 heteroatoms. The molecule has 2 bridgehead atoms. The molecule has 3 aliphatic heterocycles. The molecule has 5 rings (SSSR count). The summed E-state index contributed by atoms with van der Waals surface area (Å²) in [5.74, 6) is -1.83. The average molecular weight is 635 g/mol. The molecule has 2 aromatic carbocycles. The van der Waals surface area contributed by atoms with Crippen LogP contribution < -0.4 is 10.6 Å². The van der Waals surface area contributed by atoms with Crippen LogP contribution in [0.2, 0.25) is 5.02 Å². The van der Waals surface area contributed by atoms with E-state index >= 15 is 0 Å². The van der Waals surface area contributed by atoms with Gasteiger partial charge in [-0.3, -0.25) is 14.4 Å². The van der Waals surface area contributed by atoms with Crippen LogP contribution in [-0.2, 0) is 20.9 Å². The second-order valence-corrected chi connectivity index (χ2v) is 14.2. The molecule has 0 saturated carbocycles. The van der Waals surface area contributed by atoms with E-state index in [4.69, 9.17) is 11.6 Å². The molecule has 0 aliphatic carbocycles. The fourth-order valence-corrected chi connectivity index (χ4v) is 10.3. The number of aliphatic hydroxyl groups excluding tert-OH is 1. The highest BCUT2D eigenvalue weighted by Crippen LogP contribution is 2.68. The fraction of sp³-hybridized carbons (Fsp3) is 0.483. The van der Waals surface area contributed by atoms with Crippen molar-refractivity contribution in [2.45, 2.75) is 60.1 Å². The molecule has 7 nitrogen and oxygen atoms in total. The maximum absolute atomic E-state index is 14.3. The zero-order chi connectivity index (χ0) is 27.9. The van der Waals surface area contributed by atoms with E-state index < -0.39 is 28.7 Å². The van der Waals surface area contributed by atoms with E-state index in [1.165, 1.54) is 0 Å². The minimum absolute atomic E-state index is 0.0349. The highest BCUT2D eigenvalue weighted by molar-refractivity contribution is 9.09. The van der Waals surface area contributed by atoms with Gasteiger partial charge >= 0.3 is 0 Å². The lowest BCUT2D eigenvalue weighted by molar-refractivity contribution is -0.142. The van der Waals surface area contributed by atoms with Gasteiger partial charge in [0, 0.05) is 16.6 Å². The molecule has 1 spiro atoms. The average Bonchev–Trinajstić information content (AvgIpc) is 3.51. The zero-order valence-electron chi connectivity index (χ0n) is 21.8. The number of nitrogens with one attached hydrogen (secondary N) is 2. The number of nitrogens with zero attached hydrogens (tertiary/aromatic N) is 1. The highest BCUT2D eigenvalue weighted by Gasteiger charge is 2.76. The number of rotatable bonds is 9. The largest absolute Gasteiger partial charge is 0.394 e. The number of amides is 3. The number of carbonyl (C=O) groups excluding carboxylic acids is 3. The summed E-state index contributed by atoms with van der Waals surface area (Å²) in [4.78, 5) is 43.6. The predicted molar refractivity (Wildman–Crippen MR) is 158 cm³/mol. The molecule has 7 atom stereocenters. The summed E-state index contributed by atoms with van der Waals surface area (Å²) in [6.07, 6.45) is 1.11. The molecule has 0 radical (unpaired) electrons. The summed E-state index contributed by atoms with van der Waals surface area (Å²) >= 11 is 11.7. The fourth-order valence-electron chi connectivity index (χ4n) is 6.55. The van der Waals surface area contributed by atoms with E-state index in [2.05, 4.69) is 26.6 Å². The third-order valence-corrected chi connectivity index (χ3v) is 11.6. The molecule has 3 aliphatic rings. The van der Waals surface area contributed by atoms with Gasteiger partial charge in [-0.1, -0.05) is 83.8 Å². The standard InChI is InChI=1S/C29H33BrClN3O4S/c1-16(2)12-18(15-35)34-25(27(37)33-21-11-7-6-10-20(21)31)29-13-19(30)24(39-29)22(23(29)28(34)38)26(36)32-14-17-8-4-3-5-9-17/h3-11,16,18-19,22-25,35H,12-15H2,1-2H3,(H,32,36)(H,33,37)/t18-,19?,22-,23+,24-,25?,29?/m1/s1. The number of para-hydroxylation sites is 1. The minimum atomic E-state index is -0.857. The van der Waals surface area contributed by atoms with Gasteiger partial charge in [0.15, 0.2) is 0 Å². The van der Waals surface area contributed by atoms with Gasteiger partial charge < -0.3 is 20.6 Å². The first-order chi connectivity index (χ1) is 18.7. The molecule has 3 N–H and O–H groups in total. The van der Waals surface area contributed by atoms with Crippen LogP contribution in [0.4, 0.5) is 5.69 Å². The van der Waals surface area contributed by atoms with Crippen LogP contribution in [-0.4, -0.2) is 61.2 Å². The van der Waals surface area contributed by atoms with Gasteiger partial charge in [0.2, 0.25) is 17.7 Å². The topological polar surface area (TPSA) is 98.7 Å². The number of halogens is 2. The molecule has 3 heterocycles. The summed E-state index contributed by atoms with van der Waals surface area (Å²) in [5.41, 5.74) is 1.44. The van der Waals surface area contributed by atoms with Crippen LogP contribution >= 0.6 is 39.3 Å². The third kappa shape index (κ3) is 5.11. The van der Waals surface area contributed by atoms with Crippen LogP contribution in [0.5, 0.6) is 0 Å². The van der Waals surface area contributed by atoms with Gasteiger partial charge in [0.1, 0.15) is 6.04 Å². The van der Waals surface area contributed by atoms with Crippen molar-refractivity contribution >= 4 is 62.7 Å². The Hall–Kier alpha value is -2.07. The van der Waals surface area contributed by atoms with Crippen molar-refractivity contribution in [1.29, 1.82) is 0 Å². The first-order valence-electron chi connectivity index (χ1n) is 13.3. The SMILES string of the molecule is CC(C)C[C@H](CO)N1C(=O)[C@@H]2[C@@H](C(=O)NCc3ccccc3)[C@@H]3SC2(CC3Br)C1C(=O)Nc1ccccc1Cl. The minimum Gasteiger partial charge on any atom is -0.394 e. The maximum atomic E-state index is 14.3. The van der Waals surface area contributed by atoms with Gasteiger partial charge in [-0.25, -0.2) is 0 Å². The number of fused-ring (bicyclic) bond motifs is 1. The number of thioether (sulfide) groups is 1. The maximum Gasteiger partial charge on any atom is 0.248 e. The number of alkyl halides is 1. The Morgan fingerprint density at radius 1 is 1.15 bits per heavy atom. The van der Waals surface area contributed by atoms with Crippen molar-refractivity contribution in [2.24, 2.45) is 17.8 Å². The number of hydrogen-bond donors (Lipinski definition) is 3. The van der Waals surface area contributed by atoms with Crippen molar-refractivity contribution in [3.05, 3.63) is 65.2 Å². The zero-order valence-corrected chi connectivity index (χ0v) is 25.0. The first kappa shape index (κ1) is 28.5. The van der Waals surface area contributed by atoms with Gasteiger partial charge in [0.25, 0.3) is 0 Å². The molecule has 2 aromatic rings. The predicted octanol–water partition coefficient (Wildman–Crippen LogP) is 4.47. The highest BCUT2D eigenvalue weighted by atomic mass is 79.9. The third-order valence-electron chi connectivity index (χ3n) is 8.07. The lowest BCUT2D eigenvalue weighted by atomic mass is 9.70. The Morgan fingerprint density at radius 3 is 2.51 bits per heavy atom. The second-order valence-electron chi connectivity index (χ2n) is 11.0. The number of likely N-dealkylation sites (tertiary alicyclic amines) is 1. The second kappa shape index (κ2) is 11.4. The first-order valence-corrected chi connectivity index (χ1v) is 15.5. The molecular formula is C29H33BrClN3O4S. The molecule has 208 valence electrons. The van der Waals surface area contributed by atoms with Gasteiger partial charge in [-0.05, 0) is 36.5 Å².